The van der Waals surface area contributed by atoms with Gasteiger partial charge in [0.05, 0.1) is 18.0 Å². The van der Waals surface area contributed by atoms with Crippen molar-refractivity contribution in [1.82, 2.24) is 15.2 Å². The van der Waals surface area contributed by atoms with Crippen LogP contribution in [0.3, 0.4) is 0 Å². The molecular formula is C25H25Cl3N4O2. The molecule has 1 fully saturated rings. The van der Waals surface area contributed by atoms with Gasteiger partial charge >= 0.3 is 0 Å². The predicted octanol–water partition coefficient (Wildman–Crippen LogP) is 4.22. The number of primary amides is 1. The van der Waals surface area contributed by atoms with Crippen molar-refractivity contribution in [3.05, 3.63) is 86.0 Å². The van der Waals surface area contributed by atoms with E-state index in [1.165, 1.54) is 0 Å². The van der Waals surface area contributed by atoms with Crippen LogP contribution in [-0.2, 0) is 17.9 Å². The molecule has 0 spiro atoms. The number of nitrogens with one attached hydrogen (secondary N) is 1. The molecule has 178 valence electrons. The Hall–Kier alpha value is -2.19. The molecule has 2 heterocycles. The summed E-state index contributed by atoms with van der Waals surface area (Å²) < 4.78 is 0. The van der Waals surface area contributed by atoms with Gasteiger partial charge in [-0.15, -0.1) is 0 Å². The fourth-order valence-corrected chi connectivity index (χ4v) is 5.15. The van der Waals surface area contributed by atoms with E-state index >= 15 is 0 Å². The molecule has 1 amide bonds. The van der Waals surface area contributed by atoms with Crippen molar-refractivity contribution in [3.8, 4) is 11.3 Å². The number of aromatic nitrogens is 1. The van der Waals surface area contributed by atoms with Crippen molar-refractivity contribution in [2.75, 3.05) is 26.2 Å². The maximum atomic E-state index is 12.7. The van der Waals surface area contributed by atoms with Gasteiger partial charge in [-0.05, 0) is 35.9 Å². The monoisotopic (exact) mass is 518 g/mol. The third-order valence-electron chi connectivity index (χ3n) is 5.94. The van der Waals surface area contributed by atoms with E-state index < -0.39 is 11.8 Å². The minimum absolute atomic E-state index is 0.246. The van der Waals surface area contributed by atoms with Crippen LogP contribution in [-0.4, -0.2) is 47.1 Å². The smallest absolute Gasteiger partial charge is 0.231 e. The molecular weight excluding hydrogens is 495 g/mol. The molecule has 6 nitrogen and oxygen atoms in total. The number of carbonyl (C=O) groups is 1. The average molecular weight is 520 g/mol. The van der Waals surface area contributed by atoms with Gasteiger partial charge in [-0.2, -0.15) is 0 Å². The fraction of sp³-hybridized carbons (Fsp3) is 0.280. The highest BCUT2D eigenvalue weighted by Crippen LogP contribution is 2.37. The molecule has 9 heteroatoms. The second kappa shape index (κ2) is 11.0. The number of amides is 1. The van der Waals surface area contributed by atoms with Gasteiger partial charge in [0.2, 0.25) is 5.91 Å². The van der Waals surface area contributed by atoms with E-state index in [-0.39, 0.29) is 6.61 Å². The summed E-state index contributed by atoms with van der Waals surface area (Å²) in [5.74, 6) is -1.55. The Morgan fingerprint density at radius 1 is 1.06 bits per heavy atom. The van der Waals surface area contributed by atoms with E-state index in [4.69, 9.17) is 45.5 Å². The molecule has 1 atom stereocenters. The van der Waals surface area contributed by atoms with Gasteiger partial charge in [0.15, 0.2) is 0 Å². The topological polar surface area (TPSA) is 91.5 Å². The number of nitrogens with zero attached hydrogens (tertiary/aromatic N) is 2. The molecule has 1 aliphatic rings. The zero-order valence-corrected chi connectivity index (χ0v) is 20.7. The highest BCUT2D eigenvalue weighted by molar-refractivity contribution is 6.36. The number of nitrogens with two attached hydrogens (primary N) is 1. The van der Waals surface area contributed by atoms with Crippen molar-refractivity contribution in [1.29, 1.82) is 0 Å². The van der Waals surface area contributed by atoms with Crippen LogP contribution in [0.5, 0.6) is 0 Å². The van der Waals surface area contributed by atoms with Crippen LogP contribution in [0.4, 0.5) is 0 Å². The number of piperazine rings is 1. The maximum Gasteiger partial charge on any atom is 0.231 e. The van der Waals surface area contributed by atoms with Gasteiger partial charge in [0, 0.05) is 64.5 Å². The Morgan fingerprint density at radius 3 is 2.35 bits per heavy atom. The number of benzene rings is 2. The van der Waals surface area contributed by atoms with E-state index in [0.29, 0.717) is 49.7 Å². The highest BCUT2D eigenvalue weighted by Gasteiger charge is 2.28. The van der Waals surface area contributed by atoms with Gasteiger partial charge in [0.1, 0.15) is 5.92 Å². The summed E-state index contributed by atoms with van der Waals surface area (Å²) in [4.78, 5) is 19.8. The van der Waals surface area contributed by atoms with Crippen molar-refractivity contribution < 1.29 is 9.90 Å². The van der Waals surface area contributed by atoms with Crippen LogP contribution in [0.2, 0.25) is 15.1 Å². The molecule has 0 saturated carbocycles. The van der Waals surface area contributed by atoms with E-state index in [0.717, 1.165) is 31.7 Å². The zero-order chi connectivity index (χ0) is 24.2. The van der Waals surface area contributed by atoms with Gasteiger partial charge in [-0.3, -0.25) is 14.7 Å². The average Bonchev–Trinajstić information content (AvgIpc) is 2.81. The molecule has 4 rings (SSSR count). The molecule has 4 N–H and O–H groups in total. The molecule has 0 bridgehead atoms. The number of hydrogen-bond acceptors (Lipinski definition) is 5. The van der Waals surface area contributed by atoms with Gasteiger partial charge < -0.3 is 16.2 Å². The van der Waals surface area contributed by atoms with Crippen LogP contribution < -0.4 is 11.1 Å². The van der Waals surface area contributed by atoms with Crippen LogP contribution in [0, 0.1) is 0 Å². The third kappa shape index (κ3) is 5.38. The minimum atomic E-state index is -0.945. The molecule has 2 aromatic carbocycles. The SMILES string of the molecule is NC(=O)C(c1cc(CN2CCNCC2)cc(-c2cccc(Cl)c2CO)n1)c1c(Cl)cccc1Cl. The number of aliphatic hydroxyl groups excluding tert-OH is 1. The number of rotatable bonds is 7. The Labute approximate surface area is 213 Å². The second-order valence-corrected chi connectivity index (χ2v) is 9.43. The molecule has 34 heavy (non-hydrogen) atoms. The largest absolute Gasteiger partial charge is 0.392 e. The number of pyridine rings is 1. The highest BCUT2D eigenvalue weighted by atomic mass is 35.5. The summed E-state index contributed by atoms with van der Waals surface area (Å²) in [5.41, 5.74) is 9.52. The van der Waals surface area contributed by atoms with Crippen molar-refractivity contribution >= 4 is 40.7 Å². The second-order valence-electron chi connectivity index (χ2n) is 8.21. The third-order valence-corrected chi connectivity index (χ3v) is 6.96. The first kappa shape index (κ1) is 24.9. The van der Waals surface area contributed by atoms with E-state index in [9.17, 15) is 9.90 Å². The van der Waals surface area contributed by atoms with Gasteiger partial charge in [0.25, 0.3) is 0 Å². The number of aliphatic hydroxyl groups is 1. The van der Waals surface area contributed by atoms with Crippen molar-refractivity contribution in [2.24, 2.45) is 5.73 Å². The molecule has 0 radical (unpaired) electrons. The normalized spacial score (nSPS) is 15.3. The first-order chi connectivity index (χ1) is 16.4. The summed E-state index contributed by atoms with van der Waals surface area (Å²) in [7, 11) is 0. The molecule has 1 aromatic heterocycles. The van der Waals surface area contributed by atoms with E-state index in [1.807, 2.05) is 18.2 Å². The quantitative estimate of drug-likeness (QED) is 0.435. The minimum Gasteiger partial charge on any atom is -0.392 e. The fourth-order valence-electron chi connectivity index (χ4n) is 4.30. The first-order valence-electron chi connectivity index (χ1n) is 10.9. The van der Waals surface area contributed by atoms with Gasteiger partial charge in [-0.25, -0.2) is 0 Å². The van der Waals surface area contributed by atoms with E-state index in [2.05, 4.69) is 10.2 Å². The molecule has 1 unspecified atom stereocenters. The van der Waals surface area contributed by atoms with Crippen molar-refractivity contribution in [2.45, 2.75) is 19.1 Å². The summed E-state index contributed by atoms with van der Waals surface area (Å²) in [6.45, 7) is 4.05. The lowest BCUT2D eigenvalue weighted by molar-refractivity contribution is -0.118. The summed E-state index contributed by atoms with van der Waals surface area (Å²) >= 11 is 19.3. The van der Waals surface area contributed by atoms with E-state index in [1.54, 1.807) is 30.3 Å². The Morgan fingerprint density at radius 2 is 1.71 bits per heavy atom. The van der Waals surface area contributed by atoms with Crippen LogP contribution >= 0.6 is 34.8 Å². The molecule has 1 aliphatic heterocycles. The molecule has 1 saturated heterocycles. The summed E-state index contributed by atoms with van der Waals surface area (Å²) in [6.07, 6.45) is 0. The van der Waals surface area contributed by atoms with Crippen LogP contribution in [0.15, 0.2) is 48.5 Å². The Kier molecular flexibility index (Phi) is 8.09. The lowest BCUT2D eigenvalue weighted by atomic mass is 9.92. The lowest BCUT2D eigenvalue weighted by Crippen LogP contribution is -2.42. The lowest BCUT2D eigenvalue weighted by Gasteiger charge is -2.28. The summed E-state index contributed by atoms with van der Waals surface area (Å²) in [5, 5.41) is 14.4. The van der Waals surface area contributed by atoms with Crippen LogP contribution in [0.1, 0.15) is 28.3 Å². The number of halogens is 3. The summed E-state index contributed by atoms with van der Waals surface area (Å²) in [6, 6.07) is 14.3. The Bertz CT molecular complexity index is 1180. The Balaban J connectivity index is 1.89. The predicted molar refractivity (Wildman–Crippen MR) is 136 cm³/mol. The first-order valence-corrected chi connectivity index (χ1v) is 12.1. The molecule has 3 aromatic rings. The van der Waals surface area contributed by atoms with Gasteiger partial charge in [-0.1, -0.05) is 53.0 Å². The standard InChI is InChI=1S/C25H25Cl3N4O2/c26-18-4-1-3-16(17(18)14-33)21-11-15(13-32-9-7-30-8-10-32)12-22(31-21)24(25(29)34)23-19(27)5-2-6-20(23)28/h1-6,11-12,24,30,33H,7-10,13-14H2,(H2,29,34). The number of carbonyl (C=O) groups excluding carboxylic acids is 1. The molecule has 0 aliphatic carbocycles. The number of hydrogen-bond donors (Lipinski definition) is 3. The zero-order valence-electron chi connectivity index (χ0n) is 18.4. The maximum absolute atomic E-state index is 12.7. The van der Waals surface area contributed by atoms with Crippen LogP contribution in [0.25, 0.3) is 11.3 Å². The van der Waals surface area contributed by atoms with Crippen molar-refractivity contribution in [3.63, 3.8) is 0 Å².